The van der Waals surface area contributed by atoms with Crippen LogP contribution >= 0.6 is 0 Å². The zero-order valence-electron chi connectivity index (χ0n) is 16.1. The maximum atomic E-state index is 9.59. The molecule has 0 aromatic heterocycles. The van der Waals surface area contributed by atoms with Gasteiger partial charge in [0.25, 0.3) is 0 Å². The number of rotatable bonds is 7. The molecule has 26 heavy (non-hydrogen) atoms. The van der Waals surface area contributed by atoms with Crippen LogP contribution in [-0.4, -0.2) is 24.3 Å². The Morgan fingerprint density at radius 2 is 2.00 bits per heavy atom. The zero-order valence-corrected chi connectivity index (χ0v) is 16.1. The number of aryl methyl sites for hydroxylation is 3. The van der Waals surface area contributed by atoms with E-state index in [-0.39, 0.29) is 6.10 Å². The number of aliphatic hydroxyl groups excluding tert-OH is 1. The van der Waals surface area contributed by atoms with E-state index < -0.39 is 0 Å². The van der Waals surface area contributed by atoms with Gasteiger partial charge in [-0.2, -0.15) is 0 Å². The first-order valence-corrected chi connectivity index (χ1v) is 9.59. The maximum absolute atomic E-state index is 9.59. The van der Waals surface area contributed by atoms with E-state index in [1.165, 1.54) is 39.2 Å². The van der Waals surface area contributed by atoms with Crippen molar-refractivity contribution in [3.05, 3.63) is 64.7 Å². The van der Waals surface area contributed by atoms with Gasteiger partial charge < -0.3 is 15.7 Å². The minimum atomic E-state index is -0.258. The third-order valence-corrected chi connectivity index (χ3v) is 5.05. The molecule has 1 heterocycles. The van der Waals surface area contributed by atoms with Gasteiger partial charge in [0.2, 0.25) is 0 Å². The summed E-state index contributed by atoms with van der Waals surface area (Å²) >= 11 is 0. The molecule has 1 unspecified atom stereocenters. The third kappa shape index (κ3) is 4.47. The van der Waals surface area contributed by atoms with Gasteiger partial charge in [-0.15, -0.1) is 0 Å². The summed E-state index contributed by atoms with van der Waals surface area (Å²) in [6.45, 7) is 7.93. The molecule has 1 aliphatic rings. The van der Waals surface area contributed by atoms with Crippen molar-refractivity contribution in [2.45, 2.75) is 46.1 Å². The van der Waals surface area contributed by atoms with E-state index in [9.17, 15) is 5.11 Å². The predicted molar refractivity (Wildman–Crippen MR) is 112 cm³/mol. The Hall–Kier alpha value is -2.26. The maximum Gasteiger partial charge on any atom is 0.0515 e. The first-order chi connectivity index (χ1) is 12.5. The highest BCUT2D eigenvalue weighted by Crippen LogP contribution is 2.33. The minimum absolute atomic E-state index is 0.258. The Kier molecular flexibility index (Phi) is 6.00. The van der Waals surface area contributed by atoms with Crippen LogP contribution in [0.15, 0.2) is 42.5 Å². The molecule has 0 bridgehead atoms. The van der Waals surface area contributed by atoms with Crippen molar-refractivity contribution in [2.75, 3.05) is 23.7 Å². The highest BCUT2D eigenvalue weighted by molar-refractivity contribution is 5.81. The van der Waals surface area contributed by atoms with Crippen LogP contribution in [0.4, 0.5) is 11.4 Å². The lowest BCUT2D eigenvalue weighted by atomic mass is 9.93. The van der Waals surface area contributed by atoms with Crippen LogP contribution in [-0.2, 0) is 6.42 Å². The van der Waals surface area contributed by atoms with E-state index in [1.807, 2.05) is 6.92 Å². The molecule has 3 N–H and O–H groups in total. The molecule has 138 valence electrons. The molecule has 1 atom stereocenters. The molecule has 3 rings (SSSR count). The van der Waals surface area contributed by atoms with Crippen LogP contribution in [0.2, 0.25) is 0 Å². The van der Waals surface area contributed by atoms with Crippen molar-refractivity contribution in [1.29, 1.82) is 0 Å². The van der Waals surface area contributed by atoms with Gasteiger partial charge in [0, 0.05) is 30.0 Å². The second kappa shape index (κ2) is 8.41. The number of anilines is 2. The van der Waals surface area contributed by atoms with E-state index in [0.717, 1.165) is 32.4 Å². The van der Waals surface area contributed by atoms with Crippen molar-refractivity contribution in [1.82, 2.24) is 0 Å². The number of aliphatic hydroxyl groups is 1. The summed E-state index contributed by atoms with van der Waals surface area (Å²) in [5, 5.41) is 16.7. The molecule has 0 spiro atoms. The van der Waals surface area contributed by atoms with Crippen molar-refractivity contribution >= 4 is 16.9 Å². The molecule has 0 fully saturated rings. The number of nitrogens with one attached hydrogen (secondary N) is 2. The molecule has 0 radical (unpaired) electrons. The summed E-state index contributed by atoms with van der Waals surface area (Å²) in [6.07, 6.45) is 4.74. The number of benzene rings is 2. The van der Waals surface area contributed by atoms with Gasteiger partial charge in [-0.25, -0.2) is 0 Å². The average Bonchev–Trinajstić information content (AvgIpc) is 2.62. The van der Waals surface area contributed by atoms with Gasteiger partial charge in [-0.1, -0.05) is 42.0 Å². The monoisotopic (exact) mass is 350 g/mol. The first kappa shape index (κ1) is 18.5. The smallest absolute Gasteiger partial charge is 0.0515 e. The van der Waals surface area contributed by atoms with Gasteiger partial charge in [0.15, 0.2) is 0 Å². The number of hydrogen-bond donors (Lipinski definition) is 3. The molecule has 3 heteroatoms. The zero-order chi connectivity index (χ0) is 18.5. The van der Waals surface area contributed by atoms with Gasteiger partial charge in [-0.05, 0) is 62.8 Å². The first-order valence-electron chi connectivity index (χ1n) is 9.59. The van der Waals surface area contributed by atoms with E-state index in [0.29, 0.717) is 0 Å². The number of fused-ring (bicyclic) bond motifs is 1. The molecule has 0 saturated carbocycles. The predicted octanol–water partition coefficient (Wildman–Crippen LogP) is 4.93. The molecule has 3 nitrogen and oxygen atoms in total. The average molecular weight is 351 g/mol. The normalized spacial score (nSPS) is 14.2. The van der Waals surface area contributed by atoms with Gasteiger partial charge in [0.1, 0.15) is 0 Å². The standard InChI is InChI=1S/C23H30N2O/c1-16-7-10-22(17(2)15-16)24-13-11-19-12-14-25-23-20(9-8-18(3)26)5-4-6-21(19)23/h4-7,10,12,15,18,24-26H,8-9,11,13-14H2,1-3H3. The fourth-order valence-corrected chi connectivity index (χ4v) is 3.62. The van der Waals surface area contributed by atoms with E-state index in [2.05, 4.69) is 67.0 Å². The molecular weight excluding hydrogens is 320 g/mol. The van der Waals surface area contributed by atoms with Crippen molar-refractivity contribution in [3.63, 3.8) is 0 Å². The van der Waals surface area contributed by atoms with Gasteiger partial charge >= 0.3 is 0 Å². The number of para-hydroxylation sites is 1. The van der Waals surface area contributed by atoms with E-state index in [1.54, 1.807) is 0 Å². The largest absolute Gasteiger partial charge is 0.393 e. The summed E-state index contributed by atoms with van der Waals surface area (Å²) in [7, 11) is 0. The molecule has 0 amide bonds. The Morgan fingerprint density at radius 3 is 2.77 bits per heavy atom. The van der Waals surface area contributed by atoms with E-state index >= 15 is 0 Å². The van der Waals surface area contributed by atoms with Crippen LogP contribution in [0.3, 0.4) is 0 Å². The van der Waals surface area contributed by atoms with Crippen LogP contribution in [0.5, 0.6) is 0 Å². The quantitative estimate of drug-likeness (QED) is 0.663. The second-order valence-corrected chi connectivity index (χ2v) is 7.33. The SMILES string of the molecule is Cc1ccc(NCCC2=CCNc3c(CCC(C)O)cccc32)c(C)c1. The Bertz CT molecular complexity index is 793. The summed E-state index contributed by atoms with van der Waals surface area (Å²) in [6, 6.07) is 13.1. The molecule has 0 saturated heterocycles. The lowest BCUT2D eigenvalue weighted by Gasteiger charge is -2.23. The number of hydrogen-bond acceptors (Lipinski definition) is 3. The van der Waals surface area contributed by atoms with Gasteiger partial charge in [-0.3, -0.25) is 0 Å². The summed E-state index contributed by atoms with van der Waals surface area (Å²) in [5.41, 5.74) is 9.07. The lowest BCUT2D eigenvalue weighted by Crippen LogP contribution is -2.13. The molecule has 0 aliphatic carbocycles. The topological polar surface area (TPSA) is 44.3 Å². The molecule has 2 aromatic carbocycles. The van der Waals surface area contributed by atoms with Crippen molar-refractivity contribution in [3.8, 4) is 0 Å². The summed E-state index contributed by atoms with van der Waals surface area (Å²) in [4.78, 5) is 0. The fraction of sp³-hybridized carbons (Fsp3) is 0.391. The third-order valence-electron chi connectivity index (χ3n) is 5.05. The van der Waals surface area contributed by atoms with Crippen LogP contribution in [0.25, 0.3) is 5.57 Å². The highest BCUT2D eigenvalue weighted by atomic mass is 16.3. The molecular formula is C23H30N2O. The Labute approximate surface area is 157 Å². The van der Waals surface area contributed by atoms with Gasteiger partial charge in [0.05, 0.1) is 6.10 Å². The fourth-order valence-electron chi connectivity index (χ4n) is 3.62. The molecule has 2 aromatic rings. The molecule has 1 aliphatic heterocycles. The summed E-state index contributed by atoms with van der Waals surface area (Å²) in [5.74, 6) is 0. The van der Waals surface area contributed by atoms with Crippen LogP contribution in [0, 0.1) is 13.8 Å². The van der Waals surface area contributed by atoms with Crippen LogP contribution < -0.4 is 10.6 Å². The summed E-state index contributed by atoms with van der Waals surface area (Å²) < 4.78 is 0. The Balaban J connectivity index is 1.67. The minimum Gasteiger partial charge on any atom is -0.393 e. The van der Waals surface area contributed by atoms with Crippen molar-refractivity contribution in [2.24, 2.45) is 0 Å². The second-order valence-electron chi connectivity index (χ2n) is 7.33. The lowest BCUT2D eigenvalue weighted by molar-refractivity contribution is 0.185. The van der Waals surface area contributed by atoms with Crippen LogP contribution in [0.1, 0.15) is 42.0 Å². The van der Waals surface area contributed by atoms with E-state index in [4.69, 9.17) is 0 Å². The highest BCUT2D eigenvalue weighted by Gasteiger charge is 2.15. The van der Waals surface area contributed by atoms with Crippen molar-refractivity contribution < 1.29 is 5.11 Å². The Morgan fingerprint density at radius 1 is 1.15 bits per heavy atom.